The predicted octanol–water partition coefficient (Wildman–Crippen LogP) is 6.88. The molecule has 0 amide bonds. The minimum atomic E-state index is 0.138. The van der Waals surface area contributed by atoms with Crippen LogP contribution in [0.4, 0.5) is 5.69 Å². The minimum Gasteiger partial charge on any atom is -0.365 e. The molecule has 0 saturated carbocycles. The SMILES string of the molecule is CC(C)c1cccc(C(C)C)c1N1C[C@@](C)(c2ccccc2)CC1(C)C. The lowest BCUT2D eigenvalue weighted by Crippen LogP contribution is -2.39. The number of hydrogen-bond donors (Lipinski definition) is 0. The third-order valence-electron chi connectivity index (χ3n) is 6.14. The second kappa shape index (κ2) is 6.76. The largest absolute Gasteiger partial charge is 0.365 e. The summed E-state index contributed by atoms with van der Waals surface area (Å²) in [5.74, 6) is 1.06. The van der Waals surface area contributed by atoms with Gasteiger partial charge in [0.1, 0.15) is 0 Å². The van der Waals surface area contributed by atoms with Crippen LogP contribution in [0.2, 0.25) is 0 Å². The maximum Gasteiger partial charge on any atom is 0.0441 e. The Bertz CT molecular complexity index is 731. The Morgan fingerprint density at radius 2 is 1.31 bits per heavy atom. The first-order chi connectivity index (χ1) is 12.2. The van der Waals surface area contributed by atoms with Gasteiger partial charge < -0.3 is 4.90 Å². The van der Waals surface area contributed by atoms with Gasteiger partial charge in [-0.2, -0.15) is 0 Å². The van der Waals surface area contributed by atoms with Crippen molar-refractivity contribution in [2.24, 2.45) is 0 Å². The van der Waals surface area contributed by atoms with Crippen LogP contribution >= 0.6 is 0 Å². The lowest BCUT2D eigenvalue weighted by atomic mass is 9.78. The van der Waals surface area contributed by atoms with Gasteiger partial charge in [-0.3, -0.25) is 0 Å². The van der Waals surface area contributed by atoms with Crippen molar-refractivity contribution >= 4 is 5.69 Å². The van der Waals surface area contributed by atoms with Crippen LogP contribution < -0.4 is 4.90 Å². The highest BCUT2D eigenvalue weighted by atomic mass is 15.2. The van der Waals surface area contributed by atoms with E-state index < -0.39 is 0 Å². The molecule has 1 aliphatic heterocycles. The van der Waals surface area contributed by atoms with E-state index in [-0.39, 0.29) is 11.0 Å². The van der Waals surface area contributed by atoms with Crippen molar-refractivity contribution in [1.29, 1.82) is 0 Å². The highest BCUT2D eigenvalue weighted by Crippen LogP contribution is 2.49. The lowest BCUT2D eigenvalue weighted by Gasteiger charge is -2.38. The molecule has 1 heteroatoms. The number of nitrogens with zero attached hydrogens (tertiary/aromatic N) is 1. The summed E-state index contributed by atoms with van der Waals surface area (Å²) in [6, 6.07) is 18.0. The van der Waals surface area contributed by atoms with Gasteiger partial charge >= 0.3 is 0 Å². The predicted molar refractivity (Wildman–Crippen MR) is 114 cm³/mol. The third kappa shape index (κ3) is 3.29. The summed E-state index contributed by atoms with van der Waals surface area (Å²) >= 11 is 0. The van der Waals surface area contributed by atoms with Crippen molar-refractivity contribution in [2.75, 3.05) is 11.4 Å². The van der Waals surface area contributed by atoms with E-state index in [4.69, 9.17) is 0 Å². The summed E-state index contributed by atoms with van der Waals surface area (Å²) in [4.78, 5) is 2.71. The molecule has 1 aliphatic rings. The molecule has 140 valence electrons. The Labute approximate surface area is 160 Å². The quantitative estimate of drug-likeness (QED) is 0.581. The highest BCUT2D eigenvalue weighted by molar-refractivity contribution is 5.65. The van der Waals surface area contributed by atoms with Gasteiger partial charge in [-0.05, 0) is 48.8 Å². The molecule has 1 fully saturated rings. The Morgan fingerprint density at radius 3 is 1.81 bits per heavy atom. The molecular weight excluding hydrogens is 314 g/mol. The molecule has 2 aromatic carbocycles. The molecule has 1 heterocycles. The first-order valence-corrected chi connectivity index (χ1v) is 10.1. The molecule has 0 radical (unpaired) electrons. The van der Waals surface area contributed by atoms with Gasteiger partial charge in [-0.25, -0.2) is 0 Å². The molecule has 2 aromatic rings. The number of benzene rings is 2. The highest BCUT2D eigenvalue weighted by Gasteiger charge is 2.47. The van der Waals surface area contributed by atoms with Gasteiger partial charge in [0.05, 0.1) is 0 Å². The van der Waals surface area contributed by atoms with Crippen molar-refractivity contribution < 1.29 is 0 Å². The topological polar surface area (TPSA) is 3.24 Å². The fourth-order valence-electron chi connectivity index (χ4n) is 4.91. The summed E-state index contributed by atoms with van der Waals surface area (Å²) in [7, 11) is 0. The van der Waals surface area contributed by atoms with E-state index in [1.807, 2.05) is 0 Å². The normalized spacial score (nSPS) is 22.4. The van der Waals surface area contributed by atoms with Crippen molar-refractivity contribution in [3.05, 3.63) is 65.2 Å². The Hall–Kier alpha value is -1.76. The Morgan fingerprint density at radius 1 is 0.769 bits per heavy atom. The van der Waals surface area contributed by atoms with Crippen molar-refractivity contribution in [3.8, 4) is 0 Å². The van der Waals surface area contributed by atoms with Crippen LogP contribution in [0.5, 0.6) is 0 Å². The molecular formula is C25H35N. The number of anilines is 1. The third-order valence-corrected chi connectivity index (χ3v) is 6.14. The fourth-order valence-corrected chi connectivity index (χ4v) is 4.91. The minimum absolute atomic E-state index is 0.138. The first kappa shape index (κ1) is 19.0. The van der Waals surface area contributed by atoms with E-state index in [9.17, 15) is 0 Å². The standard InChI is InChI=1S/C25H35N/c1-18(2)21-14-11-15-22(19(3)4)23(21)26-17-25(7,16-24(26,5)6)20-12-9-8-10-13-20/h8-15,18-19H,16-17H2,1-7H3/t25-/m0/s1. The zero-order valence-corrected chi connectivity index (χ0v) is 17.6. The first-order valence-electron chi connectivity index (χ1n) is 10.1. The second-order valence-electron chi connectivity index (χ2n) is 9.60. The molecule has 0 aromatic heterocycles. The average Bonchev–Trinajstić information content (AvgIpc) is 2.85. The molecule has 0 N–H and O–H groups in total. The van der Waals surface area contributed by atoms with E-state index in [1.165, 1.54) is 28.8 Å². The van der Waals surface area contributed by atoms with Crippen LogP contribution in [0, 0.1) is 0 Å². The smallest absolute Gasteiger partial charge is 0.0441 e. The van der Waals surface area contributed by atoms with E-state index in [0.717, 1.165) is 6.54 Å². The van der Waals surface area contributed by atoms with Crippen LogP contribution in [0.25, 0.3) is 0 Å². The summed E-state index contributed by atoms with van der Waals surface area (Å²) in [6.45, 7) is 17.6. The number of rotatable bonds is 4. The van der Waals surface area contributed by atoms with Crippen LogP contribution in [-0.4, -0.2) is 12.1 Å². The van der Waals surface area contributed by atoms with Crippen molar-refractivity contribution in [1.82, 2.24) is 0 Å². The Kier molecular flexibility index (Phi) is 4.94. The van der Waals surface area contributed by atoms with Crippen LogP contribution in [-0.2, 0) is 5.41 Å². The zero-order chi connectivity index (χ0) is 19.1. The van der Waals surface area contributed by atoms with Gasteiger partial charge in [-0.1, -0.05) is 83.1 Å². The van der Waals surface area contributed by atoms with Crippen LogP contribution in [0.3, 0.4) is 0 Å². The van der Waals surface area contributed by atoms with Crippen LogP contribution in [0.15, 0.2) is 48.5 Å². The fraction of sp³-hybridized carbons (Fsp3) is 0.520. The molecule has 1 atom stereocenters. The molecule has 0 spiro atoms. The van der Waals surface area contributed by atoms with Gasteiger partial charge in [0.25, 0.3) is 0 Å². The van der Waals surface area contributed by atoms with Gasteiger partial charge in [0.15, 0.2) is 0 Å². The van der Waals surface area contributed by atoms with E-state index >= 15 is 0 Å². The molecule has 0 aliphatic carbocycles. The van der Waals surface area contributed by atoms with E-state index in [0.29, 0.717) is 11.8 Å². The lowest BCUT2D eigenvalue weighted by molar-refractivity contribution is 0.444. The summed E-state index contributed by atoms with van der Waals surface area (Å²) in [5.41, 5.74) is 6.25. The molecule has 3 rings (SSSR count). The summed E-state index contributed by atoms with van der Waals surface area (Å²) < 4.78 is 0. The average molecular weight is 350 g/mol. The van der Waals surface area contributed by atoms with Gasteiger partial charge in [0.2, 0.25) is 0 Å². The van der Waals surface area contributed by atoms with Crippen LogP contribution in [0.1, 0.15) is 83.4 Å². The summed E-state index contributed by atoms with van der Waals surface area (Å²) in [5, 5.41) is 0. The molecule has 1 saturated heterocycles. The maximum absolute atomic E-state index is 2.71. The van der Waals surface area contributed by atoms with Crippen molar-refractivity contribution in [2.45, 2.75) is 77.7 Å². The van der Waals surface area contributed by atoms with Gasteiger partial charge in [0, 0.05) is 23.2 Å². The molecule has 1 nitrogen and oxygen atoms in total. The monoisotopic (exact) mass is 349 g/mol. The molecule has 0 unspecified atom stereocenters. The Balaban J connectivity index is 2.13. The van der Waals surface area contributed by atoms with Gasteiger partial charge in [-0.15, -0.1) is 0 Å². The molecule has 26 heavy (non-hydrogen) atoms. The van der Waals surface area contributed by atoms with E-state index in [2.05, 4.69) is 102 Å². The van der Waals surface area contributed by atoms with E-state index in [1.54, 1.807) is 0 Å². The summed E-state index contributed by atoms with van der Waals surface area (Å²) in [6.07, 6.45) is 1.17. The number of hydrogen-bond acceptors (Lipinski definition) is 1. The number of para-hydroxylation sites is 1. The molecule has 0 bridgehead atoms. The van der Waals surface area contributed by atoms with Crippen molar-refractivity contribution in [3.63, 3.8) is 0 Å². The maximum atomic E-state index is 2.71. The second-order valence-corrected chi connectivity index (χ2v) is 9.60. The zero-order valence-electron chi connectivity index (χ0n) is 17.6.